The van der Waals surface area contributed by atoms with E-state index in [-0.39, 0.29) is 18.0 Å². The lowest BCUT2D eigenvalue weighted by Crippen LogP contribution is -2.44. The predicted molar refractivity (Wildman–Crippen MR) is 84.5 cm³/mol. The summed E-state index contributed by atoms with van der Waals surface area (Å²) in [7, 11) is 0. The van der Waals surface area contributed by atoms with E-state index in [1.54, 1.807) is 11.3 Å². The predicted octanol–water partition coefficient (Wildman–Crippen LogP) is 2.16. The van der Waals surface area contributed by atoms with Crippen molar-refractivity contribution in [1.29, 1.82) is 0 Å². The van der Waals surface area contributed by atoms with Crippen molar-refractivity contribution in [3.8, 4) is 0 Å². The van der Waals surface area contributed by atoms with Crippen molar-refractivity contribution < 1.29 is 9.59 Å². The normalized spacial score (nSPS) is 19.3. The van der Waals surface area contributed by atoms with Crippen LogP contribution in [0.25, 0.3) is 0 Å². The molecular formula is C15H23N3O2S. The molecule has 2 N–H and O–H groups in total. The first-order valence-electron chi connectivity index (χ1n) is 7.44. The minimum atomic E-state index is -0.145. The lowest BCUT2D eigenvalue weighted by atomic mass is 10.1. The van der Waals surface area contributed by atoms with Gasteiger partial charge in [-0.15, -0.1) is 0 Å². The highest BCUT2D eigenvalue weighted by Gasteiger charge is 2.26. The number of urea groups is 1. The fourth-order valence-corrected chi connectivity index (χ4v) is 3.27. The van der Waals surface area contributed by atoms with E-state index in [0.717, 1.165) is 13.0 Å². The Morgan fingerprint density at radius 3 is 3.00 bits per heavy atom. The van der Waals surface area contributed by atoms with Gasteiger partial charge in [-0.1, -0.05) is 13.8 Å². The molecule has 1 aliphatic heterocycles. The third-order valence-corrected chi connectivity index (χ3v) is 4.56. The summed E-state index contributed by atoms with van der Waals surface area (Å²) >= 11 is 1.67. The lowest BCUT2D eigenvalue weighted by molar-refractivity contribution is -0.129. The molecule has 1 aromatic heterocycles. The number of hydrogen-bond acceptors (Lipinski definition) is 3. The number of nitrogens with zero attached hydrogens (tertiary/aromatic N) is 1. The van der Waals surface area contributed by atoms with Gasteiger partial charge in [-0.25, -0.2) is 4.79 Å². The molecule has 0 bridgehead atoms. The average molecular weight is 309 g/mol. The molecule has 21 heavy (non-hydrogen) atoms. The summed E-state index contributed by atoms with van der Waals surface area (Å²) in [6, 6.07) is 2.00. The number of carbonyl (C=O) groups excluding carboxylic acids is 2. The number of nitrogens with one attached hydrogen (secondary N) is 2. The van der Waals surface area contributed by atoms with Gasteiger partial charge in [0, 0.05) is 32.1 Å². The number of likely N-dealkylation sites (tertiary alicyclic amines) is 1. The van der Waals surface area contributed by atoms with E-state index in [2.05, 4.69) is 29.0 Å². The van der Waals surface area contributed by atoms with Crippen LogP contribution in [0.1, 0.15) is 38.2 Å². The van der Waals surface area contributed by atoms with E-state index >= 15 is 0 Å². The van der Waals surface area contributed by atoms with E-state index in [1.165, 1.54) is 5.56 Å². The van der Waals surface area contributed by atoms with Crippen LogP contribution in [0, 0.1) is 0 Å². The molecule has 2 heterocycles. The highest BCUT2D eigenvalue weighted by atomic mass is 32.1. The Morgan fingerprint density at radius 2 is 2.33 bits per heavy atom. The number of carbonyl (C=O) groups is 2. The number of hydrogen-bond donors (Lipinski definition) is 2. The van der Waals surface area contributed by atoms with Crippen LogP contribution in [0.2, 0.25) is 0 Å². The Kier molecular flexibility index (Phi) is 5.61. The van der Waals surface area contributed by atoms with Crippen molar-refractivity contribution in [2.24, 2.45) is 0 Å². The quantitative estimate of drug-likeness (QED) is 0.875. The molecule has 0 unspecified atom stereocenters. The van der Waals surface area contributed by atoms with Gasteiger partial charge in [-0.2, -0.15) is 11.3 Å². The largest absolute Gasteiger partial charge is 0.341 e. The molecule has 0 saturated carbocycles. The van der Waals surface area contributed by atoms with Crippen molar-refractivity contribution in [3.05, 3.63) is 22.4 Å². The van der Waals surface area contributed by atoms with E-state index in [0.29, 0.717) is 25.4 Å². The summed E-state index contributed by atoms with van der Waals surface area (Å²) in [5.74, 6) is 0.467. The SMILES string of the molecule is CCC(=O)N1CC[C@@H](NC(=O)NC[C@@H](C)c2ccsc2)C1. The maximum Gasteiger partial charge on any atom is 0.315 e. The van der Waals surface area contributed by atoms with Crippen LogP contribution in [0.15, 0.2) is 16.8 Å². The van der Waals surface area contributed by atoms with E-state index < -0.39 is 0 Å². The molecule has 1 saturated heterocycles. The maximum atomic E-state index is 11.9. The van der Waals surface area contributed by atoms with Crippen molar-refractivity contribution in [1.82, 2.24) is 15.5 Å². The Morgan fingerprint density at radius 1 is 1.52 bits per heavy atom. The van der Waals surface area contributed by atoms with Crippen LogP contribution in [-0.2, 0) is 4.79 Å². The number of amides is 3. The van der Waals surface area contributed by atoms with Crippen molar-refractivity contribution in [2.45, 2.75) is 38.6 Å². The lowest BCUT2D eigenvalue weighted by Gasteiger charge is -2.17. The number of rotatable bonds is 5. The summed E-state index contributed by atoms with van der Waals surface area (Å²) < 4.78 is 0. The van der Waals surface area contributed by atoms with Gasteiger partial charge < -0.3 is 15.5 Å². The molecule has 1 fully saturated rings. The standard InChI is InChI=1S/C15H23N3O2S/c1-3-14(19)18-6-4-13(9-18)17-15(20)16-8-11(2)12-5-7-21-10-12/h5,7,10-11,13H,3-4,6,8-9H2,1-2H3,(H2,16,17,20)/t11-,13-/m1/s1. The van der Waals surface area contributed by atoms with Gasteiger partial charge in [-0.3, -0.25) is 4.79 Å². The van der Waals surface area contributed by atoms with Crippen LogP contribution in [0.3, 0.4) is 0 Å². The van der Waals surface area contributed by atoms with Crippen LogP contribution in [0.5, 0.6) is 0 Å². The molecule has 0 radical (unpaired) electrons. The second-order valence-electron chi connectivity index (χ2n) is 5.49. The molecule has 1 aliphatic rings. The third kappa shape index (κ3) is 4.46. The topological polar surface area (TPSA) is 61.4 Å². The average Bonchev–Trinajstić information content (AvgIpc) is 3.15. The molecule has 3 amide bonds. The molecule has 6 heteroatoms. The maximum absolute atomic E-state index is 11.9. The van der Waals surface area contributed by atoms with Gasteiger partial charge in [-0.05, 0) is 34.7 Å². The van der Waals surface area contributed by atoms with Gasteiger partial charge in [0.1, 0.15) is 0 Å². The summed E-state index contributed by atoms with van der Waals surface area (Å²) in [6.07, 6.45) is 1.36. The zero-order chi connectivity index (χ0) is 15.2. The number of thiophene rings is 1. The summed E-state index contributed by atoms with van der Waals surface area (Å²) in [6.45, 7) is 5.94. The first-order valence-corrected chi connectivity index (χ1v) is 8.38. The van der Waals surface area contributed by atoms with Gasteiger partial charge in [0.05, 0.1) is 0 Å². The summed E-state index contributed by atoms with van der Waals surface area (Å²) in [4.78, 5) is 25.3. The first-order chi connectivity index (χ1) is 10.1. The molecule has 2 atom stereocenters. The zero-order valence-electron chi connectivity index (χ0n) is 12.6. The molecule has 0 aromatic carbocycles. The molecule has 1 aromatic rings. The van der Waals surface area contributed by atoms with Crippen molar-refractivity contribution in [2.75, 3.05) is 19.6 Å². The molecular weight excluding hydrogens is 286 g/mol. The minimum absolute atomic E-state index is 0.0666. The monoisotopic (exact) mass is 309 g/mol. The zero-order valence-corrected chi connectivity index (χ0v) is 13.4. The first kappa shape index (κ1) is 15.8. The van der Waals surface area contributed by atoms with E-state index in [1.807, 2.05) is 17.2 Å². The van der Waals surface area contributed by atoms with Gasteiger partial charge in [0.15, 0.2) is 0 Å². The minimum Gasteiger partial charge on any atom is -0.341 e. The van der Waals surface area contributed by atoms with Crippen LogP contribution >= 0.6 is 11.3 Å². The van der Waals surface area contributed by atoms with E-state index in [4.69, 9.17) is 0 Å². The second-order valence-corrected chi connectivity index (χ2v) is 6.27. The molecule has 2 rings (SSSR count). The Bertz CT molecular complexity index is 475. The highest BCUT2D eigenvalue weighted by Crippen LogP contribution is 2.17. The highest BCUT2D eigenvalue weighted by molar-refractivity contribution is 7.07. The Balaban J connectivity index is 1.69. The van der Waals surface area contributed by atoms with Gasteiger partial charge in [0.25, 0.3) is 0 Å². The van der Waals surface area contributed by atoms with Crippen molar-refractivity contribution in [3.63, 3.8) is 0 Å². The van der Waals surface area contributed by atoms with Gasteiger partial charge in [0.2, 0.25) is 5.91 Å². The fraction of sp³-hybridized carbons (Fsp3) is 0.600. The Labute approximate surface area is 129 Å². The van der Waals surface area contributed by atoms with Crippen LogP contribution in [0.4, 0.5) is 4.79 Å². The molecule has 0 spiro atoms. The fourth-order valence-electron chi connectivity index (χ4n) is 2.48. The summed E-state index contributed by atoms with van der Waals surface area (Å²) in [5, 5.41) is 10.0. The molecule has 0 aliphatic carbocycles. The van der Waals surface area contributed by atoms with Gasteiger partial charge >= 0.3 is 6.03 Å². The molecule has 5 nitrogen and oxygen atoms in total. The van der Waals surface area contributed by atoms with Crippen LogP contribution in [-0.4, -0.2) is 42.5 Å². The smallest absolute Gasteiger partial charge is 0.315 e. The second kappa shape index (κ2) is 7.45. The Hall–Kier alpha value is -1.56. The van der Waals surface area contributed by atoms with Crippen molar-refractivity contribution >= 4 is 23.3 Å². The summed E-state index contributed by atoms with van der Waals surface area (Å²) in [5.41, 5.74) is 1.25. The molecule has 116 valence electrons. The van der Waals surface area contributed by atoms with E-state index in [9.17, 15) is 9.59 Å². The third-order valence-electron chi connectivity index (χ3n) is 3.86. The van der Waals surface area contributed by atoms with Crippen LogP contribution < -0.4 is 10.6 Å².